The van der Waals surface area contributed by atoms with Gasteiger partial charge in [0.05, 0.1) is 0 Å². The van der Waals surface area contributed by atoms with Crippen molar-refractivity contribution >= 4 is 34.8 Å². The lowest BCUT2D eigenvalue weighted by atomic mass is 10.3. The lowest BCUT2D eigenvalue weighted by molar-refractivity contribution is 0.261. The first-order valence-corrected chi connectivity index (χ1v) is 10.5. The Morgan fingerprint density at radius 1 is 0.457 bits per heavy atom. The maximum Gasteiger partial charge on any atom is 0.323 e. The van der Waals surface area contributed by atoms with Gasteiger partial charge >= 0.3 is 12.1 Å². The minimum Gasteiger partial charge on any atom is -0.457 e. The van der Waals surface area contributed by atoms with Gasteiger partial charge in [-0.2, -0.15) is 0 Å². The van der Waals surface area contributed by atoms with Crippen LogP contribution in [0.25, 0.3) is 0 Å². The predicted molar refractivity (Wildman–Crippen MR) is 131 cm³/mol. The zero-order valence-corrected chi connectivity index (χ0v) is 18.2. The Hall–Kier alpha value is -4.92. The second-order valence-electron chi connectivity index (χ2n) is 7.32. The molecule has 0 radical (unpaired) electrons. The van der Waals surface area contributed by atoms with Crippen LogP contribution in [0.3, 0.4) is 0 Å². The Balaban J connectivity index is 1.26. The molecule has 35 heavy (non-hydrogen) atoms. The molecule has 0 unspecified atom stereocenters. The standard InChI is InChI=1S/C26H20F2N4O3/c27-17-1-5-19(6-2-17)29-25(33)31-21-9-13-23(14-10-21)35-24-15-11-22(12-16-24)32-26(34)30-20-7-3-18(28)4-8-20/h1-16H,(H2,29,31,33)(H2,30,32,34). The topological polar surface area (TPSA) is 91.5 Å². The number of benzene rings is 4. The summed E-state index contributed by atoms with van der Waals surface area (Å²) in [7, 11) is 0. The second-order valence-corrected chi connectivity index (χ2v) is 7.32. The van der Waals surface area contributed by atoms with Crippen molar-refractivity contribution in [2.75, 3.05) is 21.3 Å². The van der Waals surface area contributed by atoms with Gasteiger partial charge in [-0.1, -0.05) is 0 Å². The Bertz CT molecular complexity index is 1190. The molecule has 0 spiro atoms. The van der Waals surface area contributed by atoms with E-state index in [2.05, 4.69) is 21.3 Å². The van der Waals surface area contributed by atoms with Crippen LogP contribution in [0.1, 0.15) is 0 Å². The Kier molecular flexibility index (Phi) is 7.17. The predicted octanol–water partition coefficient (Wildman–Crippen LogP) is 7.05. The van der Waals surface area contributed by atoms with Gasteiger partial charge in [0.25, 0.3) is 0 Å². The Morgan fingerprint density at radius 2 is 0.714 bits per heavy atom. The molecule has 0 heterocycles. The summed E-state index contributed by atoms with van der Waals surface area (Å²) in [5.74, 6) is 0.322. The van der Waals surface area contributed by atoms with Crippen LogP contribution in [-0.4, -0.2) is 12.1 Å². The van der Waals surface area contributed by atoms with E-state index in [4.69, 9.17) is 4.74 Å². The fraction of sp³-hybridized carbons (Fsp3) is 0. The summed E-state index contributed by atoms with van der Waals surface area (Å²) >= 11 is 0. The minimum atomic E-state index is -0.461. The smallest absolute Gasteiger partial charge is 0.323 e. The summed E-state index contributed by atoms with van der Waals surface area (Å²) in [6.45, 7) is 0. The largest absolute Gasteiger partial charge is 0.457 e. The highest BCUT2D eigenvalue weighted by molar-refractivity contribution is 6.00. The van der Waals surface area contributed by atoms with E-state index in [9.17, 15) is 18.4 Å². The molecule has 4 N–H and O–H groups in total. The van der Waals surface area contributed by atoms with Crippen LogP contribution < -0.4 is 26.0 Å². The van der Waals surface area contributed by atoms with Crippen LogP contribution in [0.15, 0.2) is 97.1 Å². The number of halogens is 2. The number of carbonyl (C=O) groups excluding carboxylic acids is 2. The third kappa shape index (κ3) is 7.03. The quantitative estimate of drug-likeness (QED) is 0.241. The van der Waals surface area contributed by atoms with Gasteiger partial charge in [0.2, 0.25) is 0 Å². The fourth-order valence-corrected chi connectivity index (χ4v) is 3.00. The number of hydrogen-bond acceptors (Lipinski definition) is 3. The van der Waals surface area contributed by atoms with Crippen LogP contribution >= 0.6 is 0 Å². The van der Waals surface area contributed by atoms with Crippen molar-refractivity contribution in [2.45, 2.75) is 0 Å². The molecule has 0 saturated carbocycles. The van der Waals surface area contributed by atoms with Gasteiger partial charge in [0.15, 0.2) is 0 Å². The summed E-state index contributed by atoms with van der Waals surface area (Å²) in [6, 6.07) is 23.4. The molecule has 9 heteroatoms. The van der Waals surface area contributed by atoms with Crippen molar-refractivity contribution in [3.8, 4) is 11.5 Å². The number of ether oxygens (including phenoxy) is 1. The second kappa shape index (κ2) is 10.8. The average molecular weight is 474 g/mol. The van der Waals surface area contributed by atoms with E-state index in [0.717, 1.165) is 0 Å². The molecule has 7 nitrogen and oxygen atoms in total. The van der Waals surface area contributed by atoms with Gasteiger partial charge in [-0.05, 0) is 97.1 Å². The zero-order chi connectivity index (χ0) is 24.6. The number of anilines is 4. The van der Waals surface area contributed by atoms with Gasteiger partial charge < -0.3 is 26.0 Å². The Labute approximate surface area is 199 Å². The summed E-state index contributed by atoms with van der Waals surface area (Å²) in [6.07, 6.45) is 0. The average Bonchev–Trinajstić information content (AvgIpc) is 2.84. The molecule has 0 fully saturated rings. The van der Waals surface area contributed by atoms with E-state index in [-0.39, 0.29) is 11.6 Å². The fourth-order valence-electron chi connectivity index (χ4n) is 3.00. The van der Waals surface area contributed by atoms with Crippen molar-refractivity contribution in [3.63, 3.8) is 0 Å². The van der Waals surface area contributed by atoms with Crippen molar-refractivity contribution in [3.05, 3.63) is 109 Å². The molecule has 4 aromatic rings. The van der Waals surface area contributed by atoms with Gasteiger partial charge in [-0.3, -0.25) is 0 Å². The molecule has 0 saturated heterocycles. The number of amides is 4. The van der Waals surface area contributed by atoms with E-state index in [0.29, 0.717) is 34.2 Å². The summed E-state index contributed by atoms with van der Waals surface area (Å²) in [5.41, 5.74) is 2.02. The normalized spacial score (nSPS) is 10.2. The number of nitrogens with one attached hydrogen (secondary N) is 4. The molecule has 176 valence electrons. The van der Waals surface area contributed by atoms with Crippen LogP contribution in [0.5, 0.6) is 11.5 Å². The summed E-state index contributed by atoms with van der Waals surface area (Å²) in [4.78, 5) is 24.1. The lowest BCUT2D eigenvalue weighted by Crippen LogP contribution is -2.19. The molecule has 4 rings (SSSR count). The van der Waals surface area contributed by atoms with E-state index in [1.54, 1.807) is 48.5 Å². The summed E-state index contributed by atoms with van der Waals surface area (Å²) in [5, 5.41) is 10.6. The van der Waals surface area contributed by atoms with E-state index in [1.807, 2.05) is 0 Å². The highest BCUT2D eigenvalue weighted by atomic mass is 19.1. The number of carbonyl (C=O) groups is 2. The highest BCUT2D eigenvalue weighted by Crippen LogP contribution is 2.25. The minimum absolute atomic E-state index is 0.384. The number of urea groups is 2. The van der Waals surface area contributed by atoms with Gasteiger partial charge in [0.1, 0.15) is 23.1 Å². The first kappa shape index (κ1) is 23.2. The van der Waals surface area contributed by atoms with Crippen LogP contribution in [0.4, 0.5) is 41.1 Å². The molecule has 0 aliphatic heterocycles. The third-order valence-corrected chi connectivity index (χ3v) is 4.66. The van der Waals surface area contributed by atoms with Gasteiger partial charge in [0, 0.05) is 22.7 Å². The molecule has 0 atom stereocenters. The SMILES string of the molecule is O=C(Nc1ccc(F)cc1)Nc1ccc(Oc2ccc(NC(=O)Nc3ccc(F)cc3)cc2)cc1. The van der Waals surface area contributed by atoms with E-state index >= 15 is 0 Å². The van der Waals surface area contributed by atoms with Crippen molar-refractivity contribution in [1.82, 2.24) is 0 Å². The zero-order valence-electron chi connectivity index (χ0n) is 18.2. The summed E-state index contributed by atoms with van der Waals surface area (Å²) < 4.78 is 31.7. The monoisotopic (exact) mass is 474 g/mol. The van der Waals surface area contributed by atoms with Gasteiger partial charge in [-0.25, -0.2) is 18.4 Å². The molecule has 4 amide bonds. The number of rotatable bonds is 6. The Morgan fingerprint density at radius 3 is 1.00 bits per heavy atom. The van der Waals surface area contributed by atoms with Crippen LogP contribution in [0, 0.1) is 11.6 Å². The molecule has 4 aromatic carbocycles. The third-order valence-electron chi connectivity index (χ3n) is 4.66. The van der Waals surface area contributed by atoms with E-state index < -0.39 is 12.1 Å². The van der Waals surface area contributed by atoms with Crippen LogP contribution in [-0.2, 0) is 0 Å². The highest BCUT2D eigenvalue weighted by Gasteiger charge is 2.06. The maximum atomic E-state index is 12.9. The molecule has 0 aliphatic carbocycles. The molecular formula is C26H20F2N4O3. The molecule has 0 aliphatic rings. The molecule has 0 aromatic heterocycles. The van der Waals surface area contributed by atoms with Crippen molar-refractivity contribution < 1.29 is 23.1 Å². The lowest BCUT2D eigenvalue weighted by Gasteiger charge is -2.10. The first-order valence-electron chi connectivity index (χ1n) is 10.5. The van der Waals surface area contributed by atoms with E-state index in [1.165, 1.54) is 48.5 Å². The molecular weight excluding hydrogens is 454 g/mol. The number of hydrogen-bond donors (Lipinski definition) is 4. The van der Waals surface area contributed by atoms with Gasteiger partial charge in [-0.15, -0.1) is 0 Å². The molecule has 0 bridgehead atoms. The first-order chi connectivity index (χ1) is 16.9. The van der Waals surface area contributed by atoms with Crippen molar-refractivity contribution in [1.29, 1.82) is 0 Å². The van der Waals surface area contributed by atoms with Crippen molar-refractivity contribution in [2.24, 2.45) is 0 Å². The maximum absolute atomic E-state index is 12.9. The van der Waals surface area contributed by atoms with Crippen LogP contribution in [0.2, 0.25) is 0 Å².